The lowest BCUT2D eigenvalue weighted by Crippen LogP contribution is -2.38. The van der Waals surface area contributed by atoms with E-state index < -0.39 is 0 Å². The van der Waals surface area contributed by atoms with Gasteiger partial charge in [-0.3, -0.25) is 9.69 Å². The van der Waals surface area contributed by atoms with Gasteiger partial charge in [-0.25, -0.2) is 4.39 Å². The summed E-state index contributed by atoms with van der Waals surface area (Å²) in [5, 5.41) is 3.03. The minimum absolute atomic E-state index is 0.0376. The number of hydrogen-bond acceptors (Lipinski definition) is 4. The van der Waals surface area contributed by atoms with Gasteiger partial charge in [-0.1, -0.05) is 26.0 Å². The number of hydrogen-bond donors (Lipinski definition) is 1. The van der Waals surface area contributed by atoms with Gasteiger partial charge in [-0.15, -0.1) is 11.8 Å². The summed E-state index contributed by atoms with van der Waals surface area (Å²) < 4.78 is 18.3. The molecular weight excluding hydrogens is 363 g/mol. The van der Waals surface area contributed by atoms with Crippen molar-refractivity contribution in [1.29, 1.82) is 0 Å². The normalized spacial score (nSPS) is 12.0. The van der Waals surface area contributed by atoms with Crippen molar-refractivity contribution in [1.82, 2.24) is 10.2 Å². The highest BCUT2D eigenvalue weighted by Crippen LogP contribution is 2.24. The molecule has 0 aliphatic rings. The molecule has 1 unspecified atom stereocenters. The average Bonchev–Trinajstić information content (AvgIpc) is 2.70. The molecule has 0 radical (unpaired) electrons. The summed E-state index contributed by atoms with van der Waals surface area (Å²) in [6, 6.07) is 14.2. The second-order valence-electron chi connectivity index (χ2n) is 6.06. The number of carbonyl (C=O) groups is 1. The Morgan fingerprint density at radius 3 is 2.52 bits per heavy atom. The van der Waals surface area contributed by atoms with E-state index in [1.54, 1.807) is 19.2 Å². The van der Waals surface area contributed by atoms with Crippen molar-refractivity contribution in [3.63, 3.8) is 0 Å². The number of nitrogens with one attached hydrogen (secondary N) is 1. The number of benzene rings is 2. The van der Waals surface area contributed by atoms with Gasteiger partial charge in [0, 0.05) is 11.4 Å². The molecule has 2 rings (SSSR count). The Labute approximate surface area is 165 Å². The Bertz CT molecular complexity index is 720. The topological polar surface area (TPSA) is 41.6 Å². The quantitative estimate of drug-likeness (QED) is 0.620. The zero-order valence-corrected chi connectivity index (χ0v) is 16.9. The molecule has 6 heteroatoms. The van der Waals surface area contributed by atoms with Gasteiger partial charge in [0.1, 0.15) is 11.6 Å². The first-order valence-corrected chi connectivity index (χ1v) is 10.1. The highest BCUT2D eigenvalue weighted by atomic mass is 32.2. The predicted octanol–water partition coefficient (Wildman–Crippen LogP) is 4.13. The number of thioether (sulfide) groups is 1. The molecule has 0 saturated heterocycles. The van der Waals surface area contributed by atoms with Crippen LogP contribution in [0.2, 0.25) is 0 Å². The van der Waals surface area contributed by atoms with Crippen LogP contribution in [0.3, 0.4) is 0 Å². The van der Waals surface area contributed by atoms with Crippen molar-refractivity contribution in [2.75, 3.05) is 32.5 Å². The first kappa shape index (κ1) is 21.3. The number of carbonyl (C=O) groups excluding carboxylic acids is 1. The molecule has 0 aromatic heterocycles. The lowest BCUT2D eigenvalue weighted by Gasteiger charge is -2.30. The zero-order valence-electron chi connectivity index (χ0n) is 16.1. The average molecular weight is 391 g/mol. The summed E-state index contributed by atoms with van der Waals surface area (Å²) in [5.41, 5.74) is 1.12. The van der Waals surface area contributed by atoms with Crippen LogP contribution in [0.5, 0.6) is 5.75 Å². The molecule has 0 spiro atoms. The molecule has 2 aromatic carbocycles. The first-order valence-electron chi connectivity index (χ1n) is 9.10. The monoisotopic (exact) mass is 390 g/mol. The van der Waals surface area contributed by atoms with Crippen molar-refractivity contribution in [3.05, 3.63) is 59.9 Å². The van der Waals surface area contributed by atoms with Crippen LogP contribution in [0.1, 0.15) is 25.5 Å². The van der Waals surface area contributed by atoms with Crippen LogP contribution < -0.4 is 10.1 Å². The van der Waals surface area contributed by atoms with Gasteiger partial charge in [0.05, 0.1) is 18.9 Å². The molecule has 0 aliphatic heterocycles. The Hall–Kier alpha value is -2.05. The molecule has 0 saturated carbocycles. The van der Waals surface area contributed by atoms with Gasteiger partial charge >= 0.3 is 0 Å². The van der Waals surface area contributed by atoms with E-state index in [0.29, 0.717) is 12.3 Å². The van der Waals surface area contributed by atoms with Crippen molar-refractivity contribution in [2.45, 2.75) is 24.8 Å². The number of amides is 1. The Balaban J connectivity index is 1.97. The number of rotatable bonds is 10. The minimum atomic E-state index is -0.274. The molecule has 27 heavy (non-hydrogen) atoms. The third-order valence-corrected chi connectivity index (χ3v) is 5.42. The fourth-order valence-corrected chi connectivity index (χ4v) is 3.64. The smallest absolute Gasteiger partial charge is 0.230 e. The molecule has 1 atom stereocenters. The molecular formula is C21H27FN2O2S. The minimum Gasteiger partial charge on any atom is -0.497 e. The molecule has 2 aromatic rings. The second kappa shape index (κ2) is 10.9. The number of ether oxygens (including phenoxy) is 1. The number of halogens is 1. The summed E-state index contributed by atoms with van der Waals surface area (Å²) in [6.45, 7) is 6.53. The summed E-state index contributed by atoms with van der Waals surface area (Å²) in [7, 11) is 1.65. The van der Waals surface area contributed by atoms with Gasteiger partial charge in [-0.05, 0) is 55.1 Å². The predicted molar refractivity (Wildman–Crippen MR) is 109 cm³/mol. The van der Waals surface area contributed by atoms with E-state index in [1.807, 2.05) is 18.2 Å². The standard InChI is InChI=1S/C21H27FN2O2S/c1-4-24(5-2)20(16-7-6-8-18(13-16)26-3)14-23-21(25)15-27-19-11-9-17(22)10-12-19/h6-13,20H,4-5,14-15H2,1-3H3,(H,23,25). The van der Waals surface area contributed by atoms with Gasteiger partial charge in [-0.2, -0.15) is 0 Å². The molecule has 0 heterocycles. The highest BCUT2D eigenvalue weighted by molar-refractivity contribution is 8.00. The van der Waals surface area contributed by atoms with E-state index in [-0.39, 0.29) is 17.8 Å². The fraction of sp³-hybridized carbons (Fsp3) is 0.381. The highest BCUT2D eigenvalue weighted by Gasteiger charge is 2.19. The Kier molecular flexibility index (Phi) is 8.61. The lowest BCUT2D eigenvalue weighted by atomic mass is 10.0. The van der Waals surface area contributed by atoms with E-state index in [9.17, 15) is 9.18 Å². The van der Waals surface area contributed by atoms with Crippen LogP contribution in [0.15, 0.2) is 53.4 Å². The molecule has 146 valence electrons. The summed E-state index contributed by atoms with van der Waals surface area (Å²) in [6.07, 6.45) is 0. The van der Waals surface area contributed by atoms with Crippen molar-refractivity contribution in [3.8, 4) is 5.75 Å². The van der Waals surface area contributed by atoms with Crippen LogP contribution in [0.25, 0.3) is 0 Å². The maximum absolute atomic E-state index is 13.0. The fourth-order valence-electron chi connectivity index (χ4n) is 2.91. The Morgan fingerprint density at radius 2 is 1.89 bits per heavy atom. The maximum atomic E-state index is 13.0. The van der Waals surface area contributed by atoms with Crippen LogP contribution in [-0.4, -0.2) is 43.3 Å². The number of methoxy groups -OCH3 is 1. The van der Waals surface area contributed by atoms with Crippen LogP contribution in [0, 0.1) is 5.82 Å². The second-order valence-corrected chi connectivity index (χ2v) is 7.11. The van der Waals surface area contributed by atoms with Gasteiger partial charge < -0.3 is 10.1 Å². The van der Waals surface area contributed by atoms with Crippen LogP contribution >= 0.6 is 11.8 Å². The zero-order chi connectivity index (χ0) is 19.6. The van der Waals surface area contributed by atoms with E-state index >= 15 is 0 Å². The van der Waals surface area contributed by atoms with Crippen molar-refractivity contribution < 1.29 is 13.9 Å². The van der Waals surface area contributed by atoms with Gasteiger partial charge in [0.2, 0.25) is 5.91 Å². The molecule has 0 bridgehead atoms. The van der Waals surface area contributed by atoms with E-state index in [4.69, 9.17) is 4.74 Å². The van der Waals surface area contributed by atoms with Gasteiger partial charge in [0.25, 0.3) is 0 Å². The molecule has 0 fully saturated rings. The maximum Gasteiger partial charge on any atom is 0.230 e. The number of nitrogens with zero attached hydrogens (tertiary/aromatic N) is 1. The largest absolute Gasteiger partial charge is 0.497 e. The third-order valence-electron chi connectivity index (χ3n) is 4.41. The third kappa shape index (κ3) is 6.56. The van der Waals surface area contributed by atoms with Crippen molar-refractivity contribution >= 4 is 17.7 Å². The molecule has 4 nitrogen and oxygen atoms in total. The van der Waals surface area contributed by atoms with Gasteiger partial charge in [0.15, 0.2) is 0 Å². The summed E-state index contributed by atoms with van der Waals surface area (Å²) >= 11 is 1.40. The molecule has 0 aliphatic carbocycles. The summed E-state index contributed by atoms with van der Waals surface area (Å²) in [5.74, 6) is 0.797. The SMILES string of the molecule is CCN(CC)C(CNC(=O)CSc1ccc(F)cc1)c1cccc(OC)c1. The van der Waals surface area contributed by atoms with Crippen molar-refractivity contribution in [2.24, 2.45) is 0 Å². The van der Waals surface area contributed by atoms with E-state index in [2.05, 4.69) is 30.1 Å². The van der Waals surface area contributed by atoms with E-state index in [0.717, 1.165) is 29.3 Å². The molecule has 1 N–H and O–H groups in total. The first-order chi connectivity index (χ1) is 13.1. The van der Waals surface area contributed by atoms with Crippen LogP contribution in [0.4, 0.5) is 4.39 Å². The lowest BCUT2D eigenvalue weighted by molar-refractivity contribution is -0.118. The van der Waals surface area contributed by atoms with Crippen LogP contribution in [-0.2, 0) is 4.79 Å². The number of likely N-dealkylation sites (N-methyl/N-ethyl adjacent to an activating group) is 1. The Morgan fingerprint density at radius 1 is 1.19 bits per heavy atom. The summed E-state index contributed by atoms with van der Waals surface area (Å²) in [4.78, 5) is 15.5. The van der Waals surface area contributed by atoms with E-state index in [1.165, 1.54) is 23.9 Å². The molecule has 1 amide bonds.